The monoisotopic (exact) mass is 446 g/mol. The number of esters is 1. The Morgan fingerprint density at radius 2 is 1.55 bits per heavy atom. The summed E-state index contributed by atoms with van der Waals surface area (Å²) in [6, 6.07) is 22.1. The van der Waals surface area contributed by atoms with Crippen molar-refractivity contribution in [1.82, 2.24) is 5.16 Å². The minimum Gasteiger partial charge on any atom is -0.618 e. The first kappa shape index (κ1) is 21.9. The fourth-order valence-electron chi connectivity index (χ4n) is 3.07. The number of pyridine rings is 1. The second kappa shape index (κ2) is 10.3. The second-order valence-electron chi connectivity index (χ2n) is 7.06. The first-order valence-electron chi connectivity index (χ1n) is 10.4. The summed E-state index contributed by atoms with van der Waals surface area (Å²) in [6.07, 6.45) is 1.27. The number of benzene rings is 2. The predicted molar refractivity (Wildman–Crippen MR) is 118 cm³/mol. The highest BCUT2D eigenvalue weighted by molar-refractivity contribution is 5.88. The van der Waals surface area contributed by atoms with Crippen molar-refractivity contribution in [2.24, 2.45) is 0 Å². The van der Waals surface area contributed by atoms with Gasteiger partial charge in [-0.1, -0.05) is 65.8 Å². The van der Waals surface area contributed by atoms with Crippen molar-refractivity contribution in [3.8, 4) is 23.0 Å². The molecular weight excluding hydrogens is 424 g/mol. The summed E-state index contributed by atoms with van der Waals surface area (Å²) < 4.78 is 22.6. The van der Waals surface area contributed by atoms with E-state index in [-0.39, 0.29) is 42.7 Å². The molecule has 8 nitrogen and oxygen atoms in total. The first-order chi connectivity index (χ1) is 16.1. The van der Waals surface area contributed by atoms with Crippen LogP contribution in [0.3, 0.4) is 0 Å². The number of rotatable bonds is 9. The second-order valence-corrected chi connectivity index (χ2v) is 7.06. The number of aromatic nitrogens is 2. The Hall–Kier alpha value is -4.33. The van der Waals surface area contributed by atoms with Crippen LogP contribution in [0.4, 0.5) is 0 Å². The highest BCUT2D eigenvalue weighted by atomic mass is 16.5. The van der Waals surface area contributed by atoms with Crippen molar-refractivity contribution in [2.75, 3.05) is 6.61 Å². The smallest absolute Gasteiger partial charge is 0.360 e. The van der Waals surface area contributed by atoms with Gasteiger partial charge >= 0.3 is 5.97 Å². The van der Waals surface area contributed by atoms with Crippen molar-refractivity contribution >= 4 is 5.97 Å². The third-order valence-electron chi connectivity index (χ3n) is 4.70. The number of carbonyl (C=O) groups is 1. The molecule has 0 unspecified atom stereocenters. The van der Waals surface area contributed by atoms with E-state index in [4.69, 9.17) is 18.7 Å². The van der Waals surface area contributed by atoms with Crippen LogP contribution in [0.5, 0.6) is 11.5 Å². The Morgan fingerprint density at radius 3 is 2.15 bits per heavy atom. The molecule has 2 aromatic heterocycles. The van der Waals surface area contributed by atoms with Crippen molar-refractivity contribution in [2.45, 2.75) is 20.1 Å². The zero-order chi connectivity index (χ0) is 23.0. The Morgan fingerprint density at radius 1 is 0.939 bits per heavy atom. The van der Waals surface area contributed by atoms with E-state index >= 15 is 0 Å². The maximum Gasteiger partial charge on any atom is 0.360 e. The molecule has 4 aromatic rings. The highest BCUT2D eigenvalue weighted by Crippen LogP contribution is 2.31. The van der Waals surface area contributed by atoms with Crippen molar-refractivity contribution in [3.05, 3.63) is 101 Å². The normalized spacial score (nSPS) is 10.6. The van der Waals surface area contributed by atoms with Crippen LogP contribution in [0.15, 0.2) is 83.5 Å². The number of hydrogen-bond donors (Lipinski definition) is 0. The molecule has 0 amide bonds. The van der Waals surface area contributed by atoms with Crippen molar-refractivity contribution < 1.29 is 28.3 Å². The van der Waals surface area contributed by atoms with E-state index in [2.05, 4.69) is 5.16 Å². The average molecular weight is 446 g/mol. The third-order valence-corrected chi connectivity index (χ3v) is 4.70. The van der Waals surface area contributed by atoms with Crippen LogP contribution in [0.25, 0.3) is 11.5 Å². The largest absolute Gasteiger partial charge is 0.618 e. The SMILES string of the molecule is CCOC(=O)c1cc(-c2cc(OCc3ccccc3)c(OCc3ccccc3)c[n+]2[O-])on1. The third kappa shape index (κ3) is 5.48. The van der Waals surface area contributed by atoms with Crippen molar-refractivity contribution in [1.29, 1.82) is 0 Å². The molecular formula is C25H22N2O6. The number of carbonyl (C=O) groups excluding carboxylic acids is 1. The Bertz CT molecular complexity index is 1210. The molecule has 2 aromatic carbocycles. The van der Waals surface area contributed by atoms with Crippen LogP contribution < -0.4 is 14.2 Å². The predicted octanol–water partition coefficient (Wildman–Crippen LogP) is 4.31. The molecule has 0 aliphatic rings. The van der Waals surface area contributed by atoms with Gasteiger partial charge in [-0.15, -0.1) is 0 Å². The molecule has 8 heteroatoms. The van der Waals surface area contributed by atoms with E-state index in [1.165, 1.54) is 18.3 Å². The van der Waals surface area contributed by atoms with Crippen LogP contribution in [0, 0.1) is 5.21 Å². The van der Waals surface area contributed by atoms with Gasteiger partial charge < -0.3 is 23.9 Å². The summed E-state index contributed by atoms with van der Waals surface area (Å²) in [4.78, 5) is 11.9. The number of nitrogens with zero attached hydrogens (tertiary/aromatic N) is 2. The van der Waals surface area contributed by atoms with Crippen LogP contribution in [-0.4, -0.2) is 17.7 Å². The zero-order valence-electron chi connectivity index (χ0n) is 18.0. The van der Waals surface area contributed by atoms with Crippen LogP contribution in [0.1, 0.15) is 28.5 Å². The average Bonchev–Trinajstić information content (AvgIpc) is 3.34. The lowest BCUT2D eigenvalue weighted by Crippen LogP contribution is -2.29. The van der Waals surface area contributed by atoms with Gasteiger partial charge in [-0.2, -0.15) is 4.73 Å². The molecule has 0 fully saturated rings. The molecule has 0 N–H and O–H groups in total. The van der Waals surface area contributed by atoms with E-state index in [1.807, 2.05) is 60.7 Å². The van der Waals surface area contributed by atoms with E-state index in [9.17, 15) is 10.0 Å². The molecule has 0 saturated carbocycles. The van der Waals surface area contributed by atoms with Gasteiger partial charge in [-0.25, -0.2) is 4.79 Å². The van der Waals surface area contributed by atoms with E-state index in [0.717, 1.165) is 11.1 Å². The maximum absolute atomic E-state index is 12.8. The Labute approximate surface area is 190 Å². The molecule has 4 rings (SSSR count). The minimum absolute atomic E-state index is 0.0250. The van der Waals surface area contributed by atoms with E-state index in [1.54, 1.807) is 6.92 Å². The Kier molecular flexibility index (Phi) is 6.84. The fourth-order valence-corrected chi connectivity index (χ4v) is 3.07. The zero-order valence-corrected chi connectivity index (χ0v) is 18.0. The number of hydrogen-bond acceptors (Lipinski definition) is 7. The van der Waals surface area contributed by atoms with E-state index in [0.29, 0.717) is 10.5 Å². The van der Waals surface area contributed by atoms with Crippen LogP contribution in [0.2, 0.25) is 0 Å². The number of ether oxygens (including phenoxy) is 3. The summed E-state index contributed by atoms with van der Waals surface area (Å²) in [6.45, 7) is 2.43. The van der Waals surface area contributed by atoms with Gasteiger partial charge in [0.1, 0.15) is 13.2 Å². The minimum atomic E-state index is -0.631. The molecule has 0 atom stereocenters. The molecule has 0 bridgehead atoms. The van der Waals surface area contributed by atoms with Crippen LogP contribution >= 0.6 is 0 Å². The van der Waals surface area contributed by atoms with Gasteiger partial charge in [0.05, 0.1) is 12.7 Å². The van der Waals surface area contributed by atoms with Gasteiger partial charge in [0, 0.05) is 6.07 Å². The lowest BCUT2D eigenvalue weighted by Gasteiger charge is -2.14. The van der Waals surface area contributed by atoms with Gasteiger partial charge in [-0.05, 0) is 18.1 Å². The standard InChI is InChI=1S/C25H22N2O6/c1-2-30-25(28)20-13-22(33-26-20)21-14-23(31-16-18-9-5-3-6-10-18)24(15-27(21)29)32-17-19-11-7-4-8-12-19/h3-15H,2,16-17H2,1H3. The molecule has 168 valence electrons. The quantitative estimate of drug-likeness (QED) is 0.215. The summed E-state index contributed by atoms with van der Waals surface area (Å²) in [5.41, 5.74) is 2.00. The topological polar surface area (TPSA) is 97.7 Å². The molecule has 0 saturated heterocycles. The summed E-state index contributed by atoms with van der Waals surface area (Å²) in [5.74, 6) is 0.102. The van der Waals surface area contributed by atoms with Crippen molar-refractivity contribution in [3.63, 3.8) is 0 Å². The van der Waals surface area contributed by atoms with E-state index < -0.39 is 5.97 Å². The van der Waals surface area contributed by atoms with Gasteiger partial charge in [0.25, 0.3) is 5.69 Å². The van der Waals surface area contributed by atoms with Gasteiger partial charge in [0.2, 0.25) is 17.7 Å². The molecule has 0 radical (unpaired) electrons. The fraction of sp³-hybridized carbons (Fsp3) is 0.160. The Balaban J connectivity index is 1.63. The summed E-state index contributed by atoms with van der Waals surface area (Å²) in [5, 5.41) is 16.5. The summed E-state index contributed by atoms with van der Waals surface area (Å²) >= 11 is 0. The highest BCUT2D eigenvalue weighted by Gasteiger charge is 2.23. The molecule has 0 aliphatic carbocycles. The molecule has 0 aliphatic heterocycles. The lowest BCUT2D eigenvalue weighted by atomic mass is 10.2. The van der Waals surface area contributed by atoms with Gasteiger partial charge in [-0.3, -0.25) is 0 Å². The van der Waals surface area contributed by atoms with Crippen LogP contribution in [-0.2, 0) is 18.0 Å². The van der Waals surface area contributed by atoms with Gasteiger partial charge in [0.15, 0.2) is 11.4 Å². The maximum atomic E-state index is 12.8. The molecule has 2 heterocycles. The molecule has 0 spiro atoms. The lowest BCUT2D eigenvalue weighted by molar-refractivity contribution is -0.594. The molecule has 33 heavy (non-hydrogen) atoms. The first-order valence-corrected chi connectivity index (χ1v) is 10.4. The summed E-state index contributed by atoms with van der Waals surface area (Å²) in [7, 11) is 0.